The first kappa shape index (κ1) is 14.9. The third-order valence-corrected chi connectivity index (χ3v) is 4.48. The summed E-state index contributed by atoms with van der Waals surface area (Å²) in [6, 6.07) is 5.54. The average Bonchev–Trinajstić information content (AvgIpc) is 3.24. The number of benzene rings is 1. The highest BCUT2D eigenvalue weighted by molar-refractivity contribution is 6.05. The molecule has 3 aromatic rings. The number of hydrogen-bond acceptors (Lipinski definition) is 3. The fourth-order valence-corrected chi connectivity index (χ4v) is 3.01. The van der Waals surface area contributed by atoms with E-state index in [1.54, 1.807) is 6.07 Å². The van der Waals surface area contributed by atoms with Crippen LogP contribution in [-0.4, -0.2) is 21.1 Å². The Morgan fingerprint density at radius 3 is 2.71 bits per heavy atom. The van der Waals surface area contributed by atoms with Gasteiger partial charge in [-0.15, -0.1) is 0 Å². The lowest BCUT2D eigenvalue weighted by Crippen LogP contribution is -2.17. The van der Waals surface area contributed by atoms with Gasteiger partial charge < -0.3 is 10.3 Å². The van der Waals surface area contributed by atoms with Crippen molar-refractivity contribution in [2.45, 2.75) is 39.0 Å². The van der Waals surface area contributed by atoms with Crippen LogP contribution in [0.2, 0.25) is 0 Å². The molecule has 0 atom stereocenters. The van der Waals surface area contributed by atoms with E-state index in [1.807, 2.05) is 32.9 Å². The summed E-state index contributed by atoms with van der Waals surface area (Å²) in [7, 11) is 0. The van der Waals surface area contributed by atoms with E-state index in [0.29, 0.717) is 22.1 Å². The van der Waals surface area contributed by atoms with Gasteiger partial charge in [-0.25, -0.2) is 0 Å². The minimum absolute atomic E-state index is 0.0487. The molecule has 3 N–H and O–H groups in total. The maximum absolute atomic E-state index is 12.6. The number of carbonyl (C=O) groups excluding carboxylic acids is 1. The van der Waals surface area contributed by atoms with E-state index >= 15 is 0 Å². The monoisotopic (exact) mass is 324 g/mol. The summed E-state index contributed by atoms with van der Waals surface area (Å²) in [5.41, 5.74) is 2.49. The summed E-state index contributed by atoms with van der Waals surface area (Å²) in [4.78, 5) is 27.4. The van der Waals surface area contributed by atoms with Crippen LogP contribution in [-0.2, 0) is 10.2 Å². The molecular formula is C18H20N4O2. The van der Waals surface area contributed by atoms with Crippen molar-refractivity contribution < 1.29 is 4.79 Å². The van der Waals surface area contributed by atoms with Crippen LogP contribution in [0.1, 0.15) is 39.3 Å². The number of fused-ring (bicyclic) bond motifs is 3. The Bertz CT molecular complexity index is 1020. The first-order valence-corrected chi connectivity index (χ1v) is 8.20. The molecule has 0 aliphatic heterocycles. The zero-order valence-electron chi connectivity index (χ0n) is 14.0. The van der Waals surface area contributed by atoms with Gasteiger partial charge in [-0.05, 0) is 31.0 Å². The number of anilines is 1. The number of amides is 1. The van der Waals surface area contributed by atoms with Gasteiger partial charge in [0.05, 0.1) is 16.6 Å². The van der Waals surface area contributed by atoms with Gasteiger partial charge in [0.15, 0.2) is 0 Å². The summed E-state index contributed by atoms with van der Waals surface area (Å²) in [6.07, 6.45) is 1.92. The molecule has 4 rings (SSSR count). The van der Waals surface area contributed by atoms with Gasteiger partial charge in [0.2, 0.25) is 5.91 Å². The zero-order chi connectivity index (χ0) is 17.1. The number of nitrogens with zero attached hydrogens (tertiary/aromatic N) is 1. The second kappa shape index (κ2) is 4.93. The minimum Gasteiger partial charge on any atom is -0.326 e. The zero-order valence-corrected chi connectivity index (χ0v) is 14.0. The van der Waals surface area contributed by atoms with Crippen LogP contribution in [0.4, 0.5) is 5.69 Å². The average molecular weight is 324 g/mol. The Hall–Kier alpha value is -2.63. The molecule has 0 radical (unpaired) electrons. The van der Waals surface area contributed by atoms with E-state index in [9.17, 15) is 9.59 Å². The molecule has 24 heavy (non-hydrogen) atoms. The third kappa shape index (κ3) is 2.38. The van der Waals surface area contributed by atoms with Gasteiger partial charge >= 0.3 is 0 Å². The van der Waals surface area contributed by atoms with Crippen molar-refractivity contribution in [2.24, 2.45) is 5.92 Å². The van der Waals surface area contributed by atoms with Gasteiger partial charge in [0.1, 0.15) is 5.52 Å². The van der Waals surface area contributed by atoms with E-state index < -0.39 is 0 Å². The molecule has 1 aliphatic rings. The molecule has 1 saturated carbocycles. The number of hydrogen-bond donors (Lipinski definition) is 3. The van der Waals surface area contributed by atoms with E-state index in [2.05, 4.69) is 20.5 Å². The smallest absolute Gasteiger partial charge is 0.259 e. The molecule has 124 valence electrons. The topological polar surface area (TPSA) is 90.6 Å². The third-order valence-electron chi connectivity index (χ3n) is 4.48. The van der Waals surface area contributed by atoms with Crippen molar-refractivity contribution in [3.8, 4) is 0 Å². The van der Waals surface area contributed by atoms with Gasteiger partial charge in [0.25, 0.3) is 5.56 Å². The summed E-state index contributed by atoms with van der Waals surface area (Å²) in [5.74, 6) is 0.190. The highest BCUT2D eigenvalue weighted by Crippen LogP contribution is 2.32. The number of H-pyrrole nitrogens is 2. The van der Waals surface area contributed by atoms with Crippen molar-refractivity contribution in [1.29, 1.82) is 0 Å². The quantitative estimate of drug-likeness (QED) is 0.676. The van der Waals surface area contributed by atoms with Crippen LogP contribution in [0.25, 0.3) is 21.8 Å². The number of carbonyl (C=O) groups is 1. The van der Waals surface area contributed by atoms with E-state index in [-0.39, 0.29) is 22.8 Å². The first-order valence-electron chi connectivity index (χ1n) is 8.20. The maximum atomic E-state index is 12.6. The van der Waals surface area contributed by atoms with Crippen LogP contribution in [0, 0.1) is 5.92 Å². The van der Waals surface area contributed by atoms with Gasteiger partial charge in [-0.3, -0.25) is 14.7 Å². The summed E-state index contributed by atoms with van der Waals surface area (Å²) < 4.78 is 0. The summed E-state index contributed by atoms with van der Waals surface area (Å²) >= 11 is 0. The Morgan fingerprint density at radius 2 is 2.04 bits per heavy atom. The molecule has 2 aromatic heterocycles. The van der Waals surface area contributed by atoms with E-state index in [1.165, 1.54) is 0 Å². The van der Waals surface area contributed by atoms with E-state index in [4.69, 9.17) is 0 Å². The number of aromatic amines is 2. The first-order chi connectivity index (χ1) is 11.3. The van der Waals surface area contributed by atoms with Crippen LogP contribution in [0.5, 0.6) is 0 Å². The van der Waals surface area contributed by atoms with Crippen LogP contribution in [0.3, 0.4) is 0 Å². The lowest BCUT2D eigenvalue weighted by Gasteiger charge is -2.16. The Labute approximate surface area is 138 Å². The van der Waals surface area contributed by atoms with E-state index in [0.717, 1.165) is 23.9 Å². The van der Waals surface area contributed by atoms with Crippen LogP contribution < -0.4 is 10.9 Å². The second-order valence-corrected chi connectivity index (χ2v) is 7.55. The molecule has 1 aliphatic carbocycles. The molecule has 1 amide bonds. The normalized spacial score (nSPS) is 15.1. The molecule has 6 nitrogen and oxygen atoms in total. The largest absolute Gasteiger partial charge is 0.326 e. The van der Waals surface area contributed by atoms with Crippen molar-refractivity contribution in [3.63, 3.8) is 0 Å². The molecule has 6 heteroatoms. The van der Waals surface area contributed by atoms with Gasteiger partial charge in [-0.2, -0.15) is 5.10 Å². The number of aromatic nitrogens is 3. The highest BCUT2D eigenvalue weighted by atomic mass is 16.2. The van der Waals surface area contributed by atoms with Crippen molar-refractivity contribution in [3.05, 3.63) is 34.2 Å². The van der Waals surface area contributed by atoms with Gasteiger partial charge in [0, 0.05) is 22.4 Å². The number of pyridine rings is 1. The predicted octanol–water partition coefficient (Wildman–Crippen LogP) is 3.05. The van der Waals surface area contributed by atoms with Crippen LogP contribution >= 0.6 is 0 Å². The fraction of sp³-hybridized carbons (Fsp3) is 0.389. The Morgan fingerprint density at radius 1 is 1.29 bits per heavy atom. The Balaban J connectivity index is 1.86. The molecule has 2 heterocycles. The van der Waals surface area contributed by atoms with Crippen LogP contribution in [0.15, 0.2) is 23.0 Å². The molecule has 1 fully saturated rings. The lowest BCUT2D eigenvalue weighted by molar-refractivity contribution is -0.117. The standard InChI is InChI=1S/C18H20N4O2/c1-18(2,3)15-13-14(21-22-15)11-7-6-10(8-12(11)20-17(13)24)19-16(23)9-4-5-9/h6-9H,4-5H2,1-3H3,(H,19,23)(H,20,24)(H,21,22). The molecule has 0 bridgehead atoms. The molecular weight excluding hydrogens is 304 g/mol. The SMILES string of the molecule is CC(C)(C)c1[nH]nc2c1c(=O)[nH]c1cc(NC(=O)C3CC3)ccc12. The van der Waals surface area contributed by atoms with Crippen molar-refractivity contribution in [2.75, 3.05) is 5.32 Å². The minimum atomic E-state index is -0.201. The lowest BCUT2D eigenvalue weighted by atomic mass is 9.90. The molecule has 0 unspecified atom stereocenters. The molecule has 1 aromatic carbocycles. The summed E-state index contributed by atoms with van der Waals surface area (Å²) in [5, 5.41) is 11.8. The molecule has 0 saturated heterocycles. The van der Waals surface area contributed by atoms with Gasteiger partial charge in [-0.1, -0.05) is 20.8 Å². The number of rotatable bonds is 2. The number of nitrogens with one attached hydrogen (secondary N) is 3. The maximum Gasteiger partial charge on any atom is 0.259 e. The highest BCUT2D eigenvalue weighted by Gasteiger charge is 2.29. The fourth-order valence-electron chi connectivity index (χ4n) is 3.01. The Kier molecular flexibility index (Phi) is 3.07. The summed E-state index contributed by atoms with van der Waals surface area (Å²) in [6.45, 7) is 6.13. The second-order valence-electron chi connectivity index (χ2n) is 7.55. The predicted molar refractivity (Wildman–Crippen MR) is 94.3 cm³/mol. The molecule has 0 spiro atoms. The van der Waals surface area contributed by atoms with Crippen molar-refractivity contribution in [1.82, 2.24) is 15.2 Å². The van der Waals surface area contributed by atoms with Crippen molar-refractivity contribution >= 4 is 33.4 Å².